The molecule has 0 aromatic heterocycles. The molecule has 1 aliphatic heterocycles. The van der Waals surface area contributed by atoms with Gasteiger partial charge in [0.1, 0.15) is 5.75 Å². The second-order valence-corrected chi connectivity index (χ2v) is 6.95. The summed E-state index contributed by atoms with van der Waals surface area (Å²) in [7, 11) is 0. The normalized spacial score (nSPS) is 12.3. The SMILES string of the molecule is CCN(CC)C(=O)COc1ccc(C(=O)CN2Cc3cc(C#N)ccc3C2=O)cc1. The van der Waals surface area contributed by atoms with Crippen LogP contribution < -0.4 is 4.74 Å². The van der Waals surface area contributed by atoms with Crippen molar-refractivity contribution in [3.8, 4) is 11.8 Å². The number of Topliss-reactive ketones (excluding diaryl/α,β-unsaturated/α-hetero) is 1. The van der Waals surface area contributed by atoms with Crippen LogP contribution in [0.5, 0.6) is 5.75 Å². The molecule has 2 aromatic rings. The summed E-state index contributed by atoms with van der Waals surface area (Å²) in [6.45, 7) is 5.29. The molecular weight excluding hydrogens is 382 g/mol. The number of likely N-dealkylation sites (N-methyl/N-ethyl adjacent to an activating group) is 1. The molecule has 3 rings (SSSR count). The van der Waals surface area contributed by atoms with E-state index in [-0.39, 0.29) is 30.7 Å². The van der Waals surface area contributed by atoms with Crippen molar-refractivity contribution in [3.05, 3.63) is 64.7 Å². The van der Waals surface area contributed by atoms with E-state index in [9.17, 15) is 14.4 Å². The molecule has 0 unspecified atom stereocenters. The van der Waals surface area contributed by atoms with Crippen molar-refractivity contribution in [1.29, 1.82) is 5.26 Å². The van der Waals surface area contributed by atoms with Gasteiger partial charge in [-0.2, -0.15) is 5.26 Å². The number of amides is 2. The summed E-state index contributed by atoms with van der Waals surface area (Å²) in [6.07, 6.45) is 0. The lowest BCUT2D eigenvalue weighted by Crippen LogP contribution is -2.34. The third-order valence-electron chi connectivity index (χ3n) is 5.10. The third kappa shape index (κ3) is 4.49. The fourth-order valence-corrected chi connectivity index (χ4v) is 3.39. The Morgan fingerprint density at radius 2 is 1.83 bits per heavy atom. The molecule has 0 saturated heterocycles. The molecular formula is C23H23N3O4. The summed E-state index contributed by atoms with van der Waals surface area (Å²) in [6, 6.07) is 13.5. The van der Waals surface area contributed by atoms with Crippen LogP contribution in [0.3, 0.4) is 0 Å². The van der Waals surface area contributed by atoms with Gasteiger partial charge in [0, 0.05) is 30.8 Å². The van der Waals surface area contributed by atoms with E-state index >= 15 is 0 Å². The van der Waals surface area contributed by atoms with Crippen LogP contribution in [0.2, 0.25) is 0 Å². The molecule has 7 heteroatoms. The Morgan fingerprint density at radius 3 is 2.47 bits per heavy atom. The Bertz CT molecular complexity index is 1000. The van der Waals surface area contributed by atoms with Gasteiger partial charge in [0.2, 0.25) is 0 Å². The number of nitrogens with zero attached hydrogens (tertiary/aromatic N) is 3. The van der Waals surface area contributed by atoms with E-state index in [1.54, 1.807) is 47.4 Å². The molecule has 0 saturated carbocycles. The zero-order valence-electron chi connectivity index (χ0n) is 17.1. The van der Waals surface area contributed by atoms with Crippen molar-refractivity contribution in [2.45, 2.75) is 20.4 Å². The number of carbonyl (C=O) groups is 3. The number of benzene rings is 2. The molecule has 30 heavy (non-hydrogen) atoms. The minimum Gasteiger partial charge on any atom is -0.484 e. The van der Waals surface area contributed by atoms with Crippen LogP contribution in [0.25, 0.3) is 0 Å². The highest BCUT2D eigenvalue weighted by Crippen LogP contribution is 2.24. The number of hydrogen-bond donors (Lipinski definition) is 0. The van der Waals surface area contributed by atoms with Gasteiger partial charge < -0.3 is 14.5 Å². The second kappa shape index (κ2) is 9.23. The Kier molecular flexibility index (Phi) is 6.48. The van der Waals surface area contributed by atoms with Gasteiger partial charge in [0.25, 0.3) is 11.8 Å². The van der Waals surface area contributed by atoms with Crippen LogP contribution in [-0.2, 0) is 11.3 Å². The summed E-state index contributed by atoms with van der Waals surface area (Å²) in [5.74, 6) is 0.00713. The van der Waals surface area contributed by atoms with Gasteiger partial charge in [-0.25, -0.2) is 0 Å². The van der Waals surface area contributed by atoms with Gasteiger partial charge in [0.15, 0.2) is 12.4 Å². The minimum absolute atomic E-state index is 0.0456. The average molecular weight is 405 g/mol. The largest absolute Gasteiger partial charge is 0.484 e. The zero-order valence-corrected chi connectivity index (χ0v) is 17.1. The molecule has 0 bridgehead atoms. The molecule has 154 valence electrons. The van der Waals surface area contributed by atoms with Crippen molar-refractivity contribution < 1.29 is 19.1 Å². The van der Waals surface area contributed by atoms with Gasteiger partial charge in [-0.15, -0.1) is 0 Å². The predicted molar refractivity (Wildman–Crippen MR) is 110 cm³/mol. The number of nitriles is 1. The number of ether oxygens (including phenoxy) is 1. The van der Waals surface area contributed by atoms with Crippen molar-refractivity contribution in [2.24, 2.45) is 0 Å². The molecule has 0 N–H and O–H groups in total. The van der Waals surface area contributed by atoms with Gasteiger partial charge in [-0.1, -0.05) is 0 Å². The first-order valence-corrected chi connectivity index (χ1v) is 9.83. The van der Waals surface area contributed by atoms with E-state index in [4.69, 9.17) is 10.00 Å². The Hall–Kier alpha value is -3.66. The highest BCUT2D eigenvalue weighted by atomic mass is 16.5. The summed E-state index contributed by atoms with van der Waals surface area (Å²) >= 11 is 0. The van der Waals surface area contributed by atoms with Crippen LogP contribution in [0.1, 0.15) is 45.7 Å². The van der Waals surface area contributed by atoms with Crippen LogP contribution in [0.4, 0.5) is 0 Å². The van der Waals surface area contributed by atoms with E-state index in [2.05, 4.69) is 6.07 Å². The first-order chi connectivity index (χ1) is 14.5. The van der Waals surface area contributed by atoms with Crippen LogP contribution in [-0.4, -0.2) is 53.6 Å². The van der Waals surface area contributed by atoms with Gasteiger partial charge in [-0.3, -0.25) is 14.4 Å². The number of hydrogen-bond acceptors (Lipinski definition) is 5. The molecule has 0 atom stereocenters. The maximum Gasteiger partial charge on any atom is 0.260 e. The molecule has 0 spiro atoms. The first-order valence-electron chi connectivity index (χ1n) is 9.83. The maximum absolute atomic E-state index is 12.6. The standard InChI is InChI=1S/C23H23N3O4/c1-3-25(4-2)22(28)15-30-19-8-6-17(7-9-19)21(27)14-26-13-18-11-16(12-24)5-10-20(18)23(26)29/h5-11H,3-4,13-15H2,1-2H3. The van der Waals surface area contributed by atoms with E-state index in [1.807, 2.05) is 13.8 Å². The summed E-state index contributed by atoms with van der Waals surface area (Å²) in [5, 5.41) is 9.00. The van der Waals surface area contributed by atoms with Gasteiger partial charge in [-0.05, 0) is 61.9 Å². The van der Waals surface area contributed by atoms with Crippen LogP contribution >= 0.6 is 0 Å². The van der Waals surface area contributed by atoms with Crippen molar-refractivity contribution in [3.63, 3.8) is 0 Å². The fourth-order valence-electron chi connectivity index (χ4n) is 3.39. The third-order valence-corrected chi connectivity index (χ3v) is 5.10. The molecule has 7 nitrogen and oxygen atoms in total. The molecule has 1 heterocycles. The van der Waals surface area contributed by atoms with Crippen molar-refractivity contribution in [2.75, 3.05) is 26.2 Å². The van der Waals surface area contributed by atoms with Gasteiger partial charge in [0.05, 0.1) is 18.2 Å². The molecule has 0 radical (unpaired) electrons. The lowest BCUT2D eigenvalue weighted by atomic mass is 10.1. The highest BCUT2D eigenvalue weighted by molar-refractivity contribution is 6.04. The minimum atomic E-state index is -0.210. The van der Waals surface area contributed by atoms with Crippen LogP contribution in [0, 0.1) is 11.3 Å². The highest BCUT2D eigenvalue weighted by Gasteiger charge is 2.29. The topological polar surface area (TPSA) is 90.7 Å². The fraction of sp³-hybridized carbons (Fsp3) is 0.304. The predicted octanol–water partition coefficient (Wildman–Crippen LogP) is 2.64. The second-order valence-electron chi connectivity index (χ2n) is 6.95. The number of ketones is 1. The summed E-state index contributed by atoms with van der Waals surface area (Å²) in [5.41, 5.74) is 2.24. The molecule has 1 aliphatic rings. The molecule has 0 aliphatic carbocycles. The monoisotopic (exact) mass is 405 g/mol. The van der Waals surface area contributed by atoms with E-state index in [0.717, 1.165) is 5.56 Å². The van der Waals surface area contributed by atoms with Gasteiger partial charge >= 0.3 is 0 Å². The van der Waals surface area contributed by atoms with Crippen molar-refractivity contribution in [1.82, 2.24) is 9.80 Å². The number of carbonyl (C=O) groups excluding carboxylic acids is 3. The zero-order chi connectivity index (χ0) is 21.7. The average Bonchev–Trinajstić information content (AvgIpc) is 3.07. The van der Waals surface area contributed by atoms with E-state index in [1.165, 1.54) is 4.90 Å². The van der Waals surface area contributed by atoms with Crippen LogP contribution in [0.15, 0.2) is 42.5 Å². The Morgan fingerprint density at radius 1 is 1.13 bits per heavy atom. The Labute approximate surface area is 175 Å². The smallest absolute Gasteiger partial charge is 0.260 e. The lowest BCUT2D eigenvalue weighted by molar-refractivity contribution is -0.132. The van der Waals surface area contributed by atoms with E-state index < -0.39 is 0 Å². The number of rotatable bonds is 8. The quantitative estimate of drug-likeness (QED) is 0.630. The Balaban J connectivity index is 1.58. The first kappa shape index (κ1) is 21.1. The molecule has 2 aromatic carbocycles. The van der Waals surface area contributed by atoms with Crippen molar-refractivity contribution >= 4 is 17.6 Å². The maximum atomic E-state index is 12.6. The molecule has 2 amide bonds. The lowest BCUT2D eigenvalue weighted by Gasteiger charge is -2.18. The summed E-state index contributed by atoms with van der Waals surface area (Å²) < 4.78 is 5.51. The summed E-state index contributed by atoms with van der Waals surface area (Å²) in [4.78, 5) is 40.3. The van der Waals surface area contributed by atoms with E-state index in [0.29, 0.717) is 42.1 Å². The molecule has 0 fully saturated rings. The number of fused-ring (bicyclic) bond motifs is 1.